The van der Waals surface area contributed by atoms with Crippen LogP contribution >= 0.6 is 0 Å². The van der Waals surface area contributed by atoms with Crippen molar-refractivity contribution in [1.82, 2.24) is 20.6 Å². The molecule has 0 aliphatic carbocycles. The lowest BCUT2D eigenvalue weighted by Crippen LogP contribution is -2.33. The SMILES string of the molecule is CC(C)(CN)CC(C)(C)c1nn[nH]n1. The Morgan fingerprint density at radius 3 is 2.36 bits per heavy atom. The van der Waals surface area contributed by atoms with E-state index in [2.05, 4.69) is 48.3 Å². The third kappa shape index (κ3) is 2.51. The van der Waals surface area contributed by atoms with Gasteiger partial charge in [0.25, 0.3) is 0 Å². The predicted molar refractivity (Wildman–Crippen MR) is 54.7 cm³/mol. The maximum Gasteiger partial charge on any atom is 0.180 e. The zero-order valence-corrected chi connectivity index (χ0v) is 9.33. The molecule has 14 heavy (non-hydrogen) atoms. The Labute approximate surface area is 84.5 Å². The highest BCUT2D eigenvalue weighted by molar-refractivity contribution is 5.01. The second kappa shape index (κ2) is 3.65. The molecule has 1 heterocycles. The van der Waals surface area contributed by atoms with Gasteiger partial charge in [0.05, 0.1) is 0 Å². The first-order valence-corrected chi connectivity index (χ1v) is 4.81. The lowest BCUT2D eigenvalue weighted by molar-refractivity contribution is 0.258. The molecule has 5 nitrogen and oxygen atoms in total. The van der Waals surface area contributed by atoms with E-state index in [1.165, 1.54) is 0 Å². The Kier molecular flexibility index (Phi) is 2.89. The van der Waals surface area contributed by atoms with Gasteiger partial charge in [0.2, 0.25) is 0 Å². The van der Waals surface area contributed by atoms with E-state index < -0.39 is 0 Å². The van der Waals surface area contributed by atoms with Gasteiger partial charge in [-0.1, -0.05) is 32.9 Å². The van der Waals surface area contributed by atoms with Crippen LogP contribution in [0.1, 0.15) is 39.9 Å². The summed E-state index contributed by atoms with van der Waals surface area (Å²) in [4.78, 5) is 0. The molecule has 80 valence electrons. The van der Waals surface area contributed by atoms with Crippen LogP contribution in [0.4, 0.5) is 0 Å². The minimum Gasteiger partial charge on any atom is -0.330 e. The van der Waals surface area contributed by atoms with Gasteiger partial charge in [-0.3, -0.25) is 0 Å². The minimum atomic E-state index is -0.0874. The molecule has 0 bridgehead atoms. The summed E-state index contributed by atoms with van der Waals surface area (Å²) in [6.45, 7) is 9.17. The zero-order valence-electron chi connectivity index (χ0n) is 9.33. The highest BCUT2D eigenvalue weighted by atomic mass is 15.5. The fraction of sp³-hybridized carbons (Fsp3) is 0.889. The monoisotopic (exact) mass is 197 g/mol. The van der Waals surface area contributed by atoms with Crippen molar-refractivity contribution >= 4 is 0 Å². The number of nitrogens with one attached hydrogen (secondary N) is 1. The molecule has 0 atom stereocenters. The van der Waals surface area contributed by atoms with Gasteiger partial charge >= 0.3 is 0 Å². The van der Waals surface area contributed by atoms with Crippen molar-refractivity contribution in [3.63, 3.8) is 0 Å². The maximum absolute atomic E-state index is 5.70. The molecule has 0 saturated carbocycles. The smallest absolute Gasteiger partial charge is 0.180 e. The van der Waals surface area contributed by atoms with Gasteiger partial charge in [0.15, 0.2) is 5.82 Å². The highest BCUT2D eigenvalue weighted by Crippen LogP contribution is 2.33. The second-order valence-electron chi connectivity index (χ2n) is 5.16. The normalized spacial score (nSPS) is 13.2. The summed E-state index contributed by atoms with van der Waals surface area (Å²) in [6.07, 6.45) is 0.941. The Morgan fingerprint density at radius 2 is 1.93 bits per heavy atom. The van der Waals surface area contributed by atoms with Crippen molar-refractivity contribution < 1.29 is 0 Å². The molecular weight excluding hydrogens is 178 g/mol. The summed E-state index contributed by atoms with van der Waals surface area (Å²) in [5.41, 5.74) is 5.72. The Morgan fingerprint density at radius 1 is 1.29 bits per heavy atom. The average molecular weight is 197 g/mol. The van der Waals surface area contributed by atoms with Crippen LogP contribution in [0, 0.1) is 5.41 Å². The van der Waals surface area contributed by atoms with Gasteiger partial charge in [-0.05, 0) is 18.4 Å². The van der Waals surface area contributed by atoms with Crippen molar-refractivity contribution in [2.75, 3.05) is 6.54 Å². The van der Waals surface area contributed by atoms with Crippen molar-refractivity contribution in [3.05, 3.63) is 5.82 Å². The van der Waals surface area contributed by atoms with Crippen LogP contribution in [0.25, 0.3) is 0 Å². The topological polar surface area (TPSA) is 80.5 Å². The second-order valence-corrected chi connectivity index (χ2v) is 5.16. The molecule has 5 heteroatoms. The Hall–Kier alpha value is -0.970. The van der Waals surface area contributed by atoms with E-state index in [1.807, 2.05) is 0 Å². The van der Waals surface area contributed by atoms with Crippen LogP contribution in [0.3, 0.4) is 0 Å². The van der Waals surface area contributed by atoms with E-state index in [-0.39, 0.29) is 10.8 Å². The quantitative estimate of drug-likeness (QED) is 0.750. The molecule has 0 unspecified atom stereocenters. The molecule has 1 aromatic rings. The zero-order chi connectivity index (χ0) is 10.8. The van der Waals surface area contributed by atoms with Gasteiger partial charge in [0, 0.05) is 5.41 Å². The highest BCUT2D eigenvalue weighted by Gasteiger charge is 2.32. The van der Waals surface area contributed by atoms with E-state index in [1.54, 1.807) is 0 Å². The number of H-pyrrole nitrogens is 1. The first-order chi connectivity index (χ1) is 6.37. The number of hydrogen-bond donors (Lipinski definition) is 2. The molecule has 0 amide bonds. The van der Waals surface area contributed by atoms with Gasteiger partial charge in [-0.15, -0.1) is 10.2 Å². The molecule has 0 aliphatic heterocycles. The van der Waals surface area contributed by atoms with Crippen LogP contribution in [-0.2, 0) is 5.41 Å². The van der Waals surface area contributed by atoms with E-state index in [4.69, 9.17) is 5.73 Å². The summed E-state index contributed by atoms with van der Waals surface area (Å²) in [5, 5.41) is 14.1. The summed E-state index contributed by atoms with van der Waals surface area (Å²) in [6, 6.07) is 0. The lowest BCUT2D eigenvalue weighted by Gasteiger charge is -2.31. The fourth-order valence-corrected chi connectivity index (χ4v) is 1.80. The molecule has 3 N–H and O–H groups in total. The summed E-state index contributed by atoms with van der Waals surface area (Å²) in [5.74, 6) is 0.749. The third-order valence-electron chi connectivity index (χ3n) is 2.42. The van der Waals surface area contributed by atoms with E-state index in [9.17, 15) is 0 Å². The number of aromatic nitrogens is 4. The minimum absolute atomic E-state index is 0.0874. The van der Waals surface area contributed by atoms with Gasteiger partial charge < -0.3 is 5.73 Å². The molecule has 0 aromatic carbocycles. The van der Waals surface area contributed by atoms with E-state index in [0.717, 1.165) is 12.2 Å². The third-order valence-corrected chi connectivity index (χ3v) is 2.42. The van der Waals surface area contributed by atoms with Crippen molar-refractivity contribution in [2.45, 2.75) is 39.5 Å². The van der Waals surface area contributed by atoms with E-state index in [0.29, 0.717) is 6.54 Å². The number of nitrogens with zero attached hydrogens (tertiary/aromatic N) is 3. The van der Waals surface area contributed by atoms with Crippen LogP contribution in [0.15, 0.2) is 0 Å². The van der Waals surface area contributed by atoms with Crippen LogP contribution in [0.5, 0.6) is 0 Å². The number of aromatic amines is 1. The first kappa shape index (κ1) is 11.1. The van der Waals surface area contributed by atoms with E-state index >= 15 is 0 Å². The molecule has 1 aromatic heterocycles. The number of nitrogens with two attached hydrogens (primary N) is 1. The summed E-state index contributed by atoms with van der Waals surface area (Å²) >= 11 is 0. The standard InChI is InChI=1S/C9H19N5/c1-8(2,6-10)5-9(3,4)7-11-13-14-12-7/h5-6,10H2,1-4H3,(H,11,12,13,14). The molecule has 0 aliphatic rings. The van der Waals surface area contributed by atoms with Crippen molar-refractivity contribution in [1.29, 1.82) is 0 Å². The predicted octanol–water partition coefficient (Wildman–Crippen LogP) is 0.852. The molecule has 0 spiro atoms. The largest absolute Gasteiger partial charge is 0.330 e. The average Bonchev–Trinajstić information content (AvgIpc) is 2.54. The summed E-state index contributed by atoms with van der Waals surface area (Å²) in [7, 11) is 0. The van der Waals surface area contributed by atoms with Crippen molar-refractivity contribution in [3.8, 4) is 0 Å². The number of rotatable bonds is 4. The first-order valence-electron chi connectivity index (χ1n) is 4.81. The molecule has 0 fully saturated rings. The molecule has 0 saturated heterocycles. The lowest BCUT2D eigenvalue weighted by atomic mass is 9.75. The molecule has 0 radical (unpaired) electrons. The fourth-order valence-electron chi connectivity index (χ4n) is 1.80. The molecular formula is C9H19N5. The number of hydrogen-bond acceptors (Lipinski definition) is 4. The van der Waals surface area contributed by atoms with Gasteiger partial charge in [0.1, 0.15) is 0 Å². The van der Waals surface area contributed by atoms with Crippen molar-refractivity contribution in [2.24, 2.45) is 11.1 Å². The van der Waals surface area contributed by atoms with Crippen LogP contribution < -0.4 is 5.73 Å². The molecule has 1 rings (SSSR count). The van der Waals surface area contributed by atoms with Gasteiger partial charge in [-0.25, -0.2) is 0 Å². The van der Waals surface area contributed by atoms with Crippen LogP contribution in [-0.4, -0.2) is 27.2 Å². The Bertz CT molecular complexity index is 275. The van der Waals surface area contributed by atoms with Gasteiger partial charge in [-0.2, -0.15) is 5.21 Å². The van der Waals surface area contributed by atoms with Crippen LogP contribution in [0.2, 0.25) is 0 Å². The summed E-state index contributed by atoms with van der Waals surface area (Å²) < 4.78 is 0. The Balaban J connectivity index is 2.77. The number of tetrazole rings is 1. The maximum atomic E-state index is 5.70.